The molecule has 0 aromatic rings. The molecule has 0 radical (unpaired) electrons. The minimum absolute atomic E-state index is 0.340. The van der Waals surface area contributed by atoms with Crippen molar-refractivity contribution in [3.05, 3.63) is 10.1 Å². The third-order valence-corrected chi connectivity index (χ3v) is 0.949. The van der Waals surface area contributed by atoms with E-state index < -0.39 is 10.9 Å². The highest BCUT2D eigenvalue weighted by molar-refractivity contribution is 6.27. The molecular weight excluding hydrogens is 147 g/mol. The average Bonchev–Trinajstić information content (AvgIpc) is 1.84. The van der Waals surface area contributed by atoms with E-state index in [-0.39, 0.29) is 5.88 Å². The predicted molar refractivity (Wildman–Crippen MR) is 30.5 cm³/mol. The molecular formula is C3H5ClN2O3. The summed E-state index contributed by atoms with van der Waals surface area (Å²) in [4.78, 5) is 20.1. The van der Waals surface area contributed by atoms with Gasteiger partial charge in [0.1, 0.15) is 5.88 Å². The van der Waals surface area contributed by atoms with Gasteiger partial charge in [-0.15, -0.1) is 11.6 Å². The van der Waals surface area contributed by atoms with Gasteiger partial charge in [0, 0.05) is 0 Å². The lowest BCUT2D eigenvalue weighted by atomic mass is 10.7. The van der Waals surface area contributed by atoms with E-state index in [1.807, 2.05) is 0 Å². The molecule has 0 fully saturated rings. The van der Waals surface area contributed by atoms with Crippen molar-refractivity contribution >= 4 is 17.5 Å². The molecule has 0 aliphatic heterocycles. The first-order valence-corrected chi connectivity index (χ1v) is 2.60. The van der Waals surface area contributed by atoms with E-state index in [1.54, 1.807) is 0 Å². The third kappa shape index (κ3) is 2.27. The number of hydrogen-bond acceptors (Lipinski definition) is 3. The van der Waals surface area contributed by atoms with Crippen molar-refractivity contribution in [2.45, 2.75) is 0 Å². The highest BCUT2D eigenvalue weighted by atomic mass is 35.5. The molecule has 0 unspecified atom stereocenters. The molecule has 0 spiro atoms. The highest BCUT2D eigenvalue weighted by Gasteiger charge is 2.15. The number of carbonyl (C=O) groups is 1. The number of halogens is 1. The standard InChI is InChI=1S/C3H5ClN2O3/c1-5(6(8)9)3(7)2-4/h2H2,1H3. The van der Waals surface area contributed by atoms with Crippen LogP contribution in [0.2, 0.25) is 0 Å². The van der Waals surface area contributed by atoms with Gasteiger partial charge in [-0.25, -0.2) is 10.1 Å². The number of carbonyl (C=O) groups excluding carboxylic acids is 1. The van der Waals surface area contributed by atoms with E-state index >= 15 is 0 Å². The van der Waals surface area contributed by atoms with Crippen LogP contribution in [-0.2, 0) is 4.79 Å². The number of amides is 1. The number of nitro groups is 1. The summed E-state index contributed by atoms with van der Waals surface area (Å²) in [6, 6.07) is 0. The monoisotopic (exact) mass is 152 g/mol. The Balaban J connectivity index is 3.88. The van der Waals surface area contributed by atoms with E-state index in [2.05, 4.69) is 0 Å². The first kappa shape index (κ1) is 8.16. The Labute approximate surface area is 56.3 Å². The van der Waals surface area contributed by atoms with Crippen molar-refractivity contribution in [1.82, 2.24) is 5.01 Å². The van der Waals surface area contributed by atoms with E-state index in [1.165, 1.54) is 0 Å². The Bertz CT molecular complexity index is 137. The van der Waals surface area contributed by atoms with Gasteiger partial charge < -0.3 is 0 Å². The molecule has 9 heavy (non-hydrogen) atoms. The molecule has 0 aromatic carbocycles. The summed E-state index contributed by atoms with van der Waals surface area (Å²) in [6.45, 7) is 0. The largest absolute Gasteiger partial charge is 0.297 e. The highest BCUT2D eigenvalue weighted by Crippen LogP contribution is 1.86. The molecule has 0 aliphatic rings. The van der Waals surface area contributed by atoms with Crippen molar-refractivity contribution in [2.75, 3.05) is 12.9 Å². The van der Waals surface area contributed by atoms with Gasteiger partial charge in [-0.1, -0.05) is 5.01 Å². The summed E-state index contributed by atoms with van der Waals surface area (Å²) in [5, 5.41) is 9.26. The van der Waals surface area contributed by atoms with Gasteiger partial charge in [0.15, 0.2) is 5.03 Å². The van der Waals surface area contributed by atoms with Crippen LogP contribution in [-0.4, -0.2) is 28.9 Å². The lowest BCUT2D eigenvalue weighted by Crippen LogP contribution is -2.32. The first-order valence-electron chi connectivity index (χ1n) is 2.06. The summed E-state index contributed by atoms with van der Waals surface area (Å²) in [7, 11) is 1.05. The van der Waals surface area contributed by atoms with E-state index in [0.717, 1.165) is 7.05 Å². The fourth-order valence-electron chi connectivity index (χ4n) is 0.178. The fraction of sp³-hybridized carbons (Fsp3) is 0.667. The molecule has 0 heterocycles. The maximum absolute atomic E-state index is 10.3. The number of nitrogens with zero attached hydrogens (tertiary/aromatic N) is 2. The molecule has 6 heteroatoms. The first-order chi connectivity index (χ1) is 4.09. The zero-order valence-electron chi connectivity index (χ0n) is 4.70. The smallest absolute Gasteiger partial charge is 0.267 e. The van der Waals surface area contributed by atoms with Crippen molar-refractivity contribution in [3.8, 4) is 0 Å². The Morgan fingerprint density at radius 2 is 2.33 bits per heavy atom. The van der Waals surface area contributed by atoms with E-state index in [9.17, 15) is 14.9 Å². The predicted octanol–water partition coefficient (Wildman–Crippen LogP) is -0.125. The van der Waals surface area contributed by atoms with Crippen molar-refractivity contribution in [3.63, 3.8) is 0 Å². The number of rotatable bonds is 2. The van der Waals surface area contributed by atoms with Crippen LogP contribution in [0.5, 0.6) is 0 Å². The van der Waals surface area contributed by atoms with Gasteiger partial charge in [-0.2, -0.15) is 0 Å². The van der Waals surface area contributed by atoms with Gasteiger partial charge in [-0.3, -0.25) is 4.79 Å². The molecule has 5 nitrogen and oxygen atoms in total. The van der Waals surface area contributed by atoms with Crippen molar-refractivity contribution in [1.29, 1.82) is 0 Å². The van der Waals surface area contributed by atoms with Gasteiger partial charge in [0.2, 0.25) is 0 Å². The SMILES string of the molecule is CN(C(=O)CCl)[N+](=O)[O-]. The zero-order chi connectivity index (χ0) is 7.44. The summed E-state index contributed by atoms with van der Waals surface area (Å²) in [5.74, 6) is -1.08. The van der Waals surface area contributed by atoms with Crippen LogP contribution in [0.4, 0.5) is 0 Å². The second-order valence-corrected chi connectivity index (χ2v) is 1.56. The maximum atomic E-state index is 10.3. The second kappa shape index (κ2) is 3.24. The molecule has 1 amide bonds. The van der Waals surface area contributed by atoms with E-state index in [4.69, 9.17) is 11.6 Å². The summed E-state index contributed by atoms with van der Waals surface area (Å²) < 4.78 is 0. The van der Waals surface area contributed by atoms with Crippen LogP contribution in [0.15, 0.2) is 0 Å². The Kier molecular flexibility index (Phi) is 2.94. The molecule has 52 valence electrons. The molecule has 0 N–H and O–H groups in total. The quantitative estimate of drug-likeness (QED) is 0.315. The molecule has 0 saturated heterocycles. The molecule has 0 aromatic heterocycles. The van der Waals surface area contributed by atoms with Gasteiger partial charge in [0.25, 0.3) is 5.91 Å². The van der Waals surface area contributed by atoms with Gasteiger partial charge in [0.05, 0.1) is 7.05 Å². The van der Waals surface area contributed by atoms with Gasteiger partial charge >= 0.3 is 0 Å². The van der Waals surface area contributed by atoms with E-state index in [0.29, 0.717) is 5.01 Å². The molecule has 0 atom stereocenters. The number of alkyl halides is 1. The Morgan fingerprint density at radius 1 is 1.89 bits per heavy atom. The zero-order valence-corrected chi connectivity index (χ0v) is 5.46. The van der Waals surface area contributed by atoms with Crippen molar-refractivity contribution in [2.24, 2.45) is 0 Å². The fourth-order valence-corrected chi connectivity index (χ4v) is 0.351. The summed E-state index contributed by atoms with van der Waals surface area (Å²) in [6.07, 6.45) is 0. The van der Waals surface area contributed by atoms with Crippen LogP contribution in [0.25, 0.3) is 0 Å². The minimum Gasteiger partial charge on any atom is -0.267 e. The molecule has 0 saturated carbocycles. The third-order valence-electron chi connectivity index (χ3n) is 0.720. The average molecular weight is 153 g/mol. The van der Waals surface area contributed by atoms with Crippen molar-refractivity contribution < 1.29 is 9.83 Å². The van der Waals surface area contributed by atoms with Crippen LogP contribution >= 0.6 is 11.6 Å². The summed E-state index contributed by atoms with van der Waals surface area (Å²) >= 11 is 5.00. The minimum atomic E-state index is -0.829. The number of hydrazine groups is 1. The van der Waals surface area contributed by atoms with Gasteiger partial charge in [-0.05, 0) is 0 Å². The summed E-state index contributed by atoms with van der Waals surface area (Å²) in [5.41, 5.74) is 0. The second-order valence-electron chi connectivity index (χ2n) is 1.29. The lowest BCUT2D eigenvalue weighted by Gasteiger charge is -2.01. The maximum Gasteiger partial charge on any atom is 0.297 e. The topological polar surface area (TPSA) is 63.5 Å². The lowest BCUT2D eigenvalue weighted by molar-refractivity contribution is -0.627. The molecule has 0 bridgehead atoms. The number of hydrogen-bond donors (Lipinski definition) is 0. The van der Waals surface area contributed by atoms with Crippen LogP contribution in [0.3, 0.4) is 0 Å². The normalized spacial score (nSPS) is 8.67. The Morgan fingerprint density at radius 3 is 2.44 bits per heavy atom. The van der Waals surface area contributed by atoms with Crippen LogP contribution in [0.1, 0.15) is 0 Å². The molecule has 0 rings (SSSR count). The van der Waals surface area contributed by atoms with Crippen LogP contribution in [0, 0.1) is 10.1 Å². The Hall–Kier alpha value is -0.840. The molecule has 0 aliphatic carbocycles. The van der Waals surface area contributed by atoms with Crippen LogP contribution < -0.4 is 0 Å².